The van der Waals surface area contributed by atoms with Crippen molar-refractivity contribution in [3.05, 3.63) is 23.9 Å². The SMILES string of the molecule is CCN(CC)S(=O)(=O)Nc1cc(C#CCO)ccn1. The Labute approximate surface area is 113 Å². The second-order valence-corrected chi connectivity index (χ2v) is 5.25. The van der Waals surface area contributed by atoms with Crippen molar-refractivity contribution in [2.45, 2.75) is 13.8 Å². The predicted molar refractivity (Wildman–Crippen MR) is 73.7 cm³/mol. The molecule has 0 spiro atoms. The maximum atomic E-state index is 12.0. The van der Waals surface area contributed by atoms with Gasteiger partial charge in [0.1, 0.15) is 12.4 Å². The monoisotopic (exact) mass is 283 g/mol. The van der Waals surface area contributed by atoms with E-state index < -0.39 is 10.2 Å². The molecule has 0 aliphatic heterocycles. The Hall–Kier alpha value is -1.62. The minimum atomic E-state index is -3.59. The van der Waals surface area contributed by atoms with Crippen molar-refractivity contribution in [1.29, 1.82) is 0 Å². The zero-order valence-electron chi connectivity index (χ0n) is 10.9. The first-order valence-corrected chi connectivity index (χ1v) is 7.31. The maximum absolute atomic E-state index is 12.0. The van der Waals surface area contributed by atoms with Crippen LogP contribution in [0.3, 0.4) is 0 Å². The van der Waals surface area contributed by atoms with Crippen LogP contribution in [0.1, 0.15) is 19.4 Å². The molecule has 2 N–H and O–H groups in total. The molecule has 0 radical (unpaired) electrons. The number of nitrogens with one attached hydrogen (secondary N) is 1. The van der Waals surface area contributed by atoms with Crippen LogP contribution in [0.4, 0.5) is 5.82 Å². The molecule has 104 valence electrons. The van der Waals surface area contributed by atoms with E-state index in [1.807, 2.05) is 0 Å². The first kappa shape index (κ1) is 15.4. The summed E-state index contributed by atoms with van der Waals surface area (Å²) in [6.07, 6.45) is 1.46. The molecule has 0 atom stereocenters. The van der Waals surface area contributed by atoms with Crippen LogP contribution in [0.15, 0.2) is 18.3 Å². The highest BCUT2D eigenvalue weighted by molar-refractivity contribution is 7.90. The second-order valence-electron chi connectivity index (χ2n) is 3.58. The molecule has 1 aromatic rings. The van der Waals surface area contributed by atoms with Gasteiger partial charge in [-0.3, -0.25) is 4.72 Å². The Morgan fingerprint density at radius 2 is 2.11 bits per heavy atom. The van der Waals surface area contributed by atoms with Crippen LogP contribution in [0.2, 0.25) is 0 Å². The molecule has 0 saturated carbocycles. The average molecular weight is 283 g/mol. The van der Waals surface area contributed by atoms with Gasteiger partial charge in [0, 0.05) is 24.8 Å². The molecule has 0 amide bonds. The van der Waals surface area contributed by atoms with Crippen molar-refractivity contribution in [1.82, 2.24) is 9.29 Å². The minimum Gasteiger partial charge on any atom is -0.384 e. The van der Waals surface area contributed by atoms with Gasteiger partial charge in [-0.05, 0) is 12.1 Å². The van der Waals surface area contributed by atoms with Gasteiger partial charge in [0.2, 0.25) is 0 Å². The molecule has 0 aliphatic rings. The number of nitrogens with zero attached hydrogens (tertiary/aromatic N) is 2. The lowest BCUT2D eigenvalue weighted by Crippen LogP contribution is -2.35. The van der Waals surface area contributed by atoms with Crippen LogP contribution in [0.25, 0.3) is 0 Å². The highest BCUT2D eigenvalue weighted by Crippen LogP contribution is 2.10. The second kappa shape index (κ2) is 7.09. The van der Waals surface area contributed by atoms with Crippen LogP contribution in [-0.2, 0) is 10.2 Å². The maximum Gasteiger partial charge on any atom is 0.302 e. The van der Waals surface area contributed by atoms with Crippen LogP contribution >= 0.6 is 0 Å². The quantitative estimate of drug-likeness (QED) is 0.767. The fraction of sp³-hybridized carbons (Fsp3) is 0.417. The van der Waals surface area contributed by atoms with Gasteiger partial charge in [-0.15, -0.1) is 0 Å². The lowest BCUT2D eigenvalue weighted by molar-refractivity contribution is 0.350. The summed E-state index contributed by atoms with van der Waals surface area (Å²) in [6, 6.07) is 3.15. The first-order chi connectivity index (χ1) is 9.03. The van der Waals surface area contributed by atoms with Crippen molar-refractivity contribution in [3.8, 4) is 11.8 Å². The van der Waals surface area contributed by atoms with Crippen LogP contribution in [0.5, 0.6) is 0 Å². The fourth-order valence-corrected chi connectivity index (χ4v) is 2.65. The van der Waals surface area contributed by atoms with Gasteiger partial charge in [0.15, 0.2) is 0 Å². The summed E-state index contributed by atoms with van der Waals surface area (Å²) in [4.78, 5) is 3.94. The van der Waals surface area contributed by atoms with Crippen molar-refractivity contribution in [2.24, 2.45) is 0 Å². The third kappa shape index (κ3) is 4.52. The molecule has 0 unspecified atom stereocenters. The number of hydrogen-bond acceptors (Lipinski definition) is 4. The molecule has 0 fully saturated rings. The Bertz CT molecular complexity index is 571. The van der Waals surface area contributed by atoms with E-state index in [0.717, 1.165) is 0 Å². The summed E-state index contributed by atoms with van der Waals surface area (Å²) < 4.78 is 27.7. The number of hydrogen-bond donors (Lipinski definition) is 2. The summed E-state index contributed by atoms with van der Waals surface area (Å²) >= 11 is 0. The predicted octanol–water partition coefficient (Wildman–Crippen LogP) is 0.424. The molecule has 0 aliphatic carbocycles. The number of pyridine rings is 1. The van der Waals surface area contributed by atoms with E-state index >= 15 is 0 Å². The van der Waals surface area contributed by atoms with Crippen LogP contribution in [0, 0.1) is 11.8 Å². The number of rotatable bonds is 5. The van der Waals surface area contributed by atoms with E-state index in [4.69, 9.17) is 5.11 Å². The van der Waals surface area contributed by atoms with Gasteiger partial charge in [-0.25, -0.2) is 4.98 Å². The summed E-state index contributed by atoms with van der Waals surface area (Å²) in [5, 5.41) is 8.61. The van der Waals surface area contributed by atoms with E-state index in [-0.39, 0.29) is 12.4 Å². The van der Waals surface area contributed by atoms with E-state index in [1.54, 1.807) is 19.9 Å². The smallest absolute Gasteiger partial charge is 0.302 e. The normalized spacial score (nSPS) is 10.9. The van der Waals surface area contributed by atoms with Gasteiger partial charge in [-0.2, -0.15) is 12.7 Å². The number of anilines is 1. The van der Waals surface area contributed by atoms with Crippen molar-refractivity contribution in [2.75, 3.05) is 24.4 Å². The standard InChI is InChI=1S/C12H17N3O3S/c1-3-15(4-2)19(17,18)14-12-10-11(6-5-9-16)7-8-13-12/h7-8,10,16H,3-4,9H2,1-2H3,(H,13,14). The van der Waals surface area contributed by atoms with E-state index in [0.29, 0.717) is 18.7 Å². The van der Waals surface area contributed by atoms with Gasteiger partial charge in [-0.1, -0.05) is 25.7 Å². The first-order valence-electron chi connectivity index (χ1n) is 5.87. The zero-order chi connectivity index (χ0) is 14.3. The molecule has 0 aromatic carbocycles. The van der Waals surface area contributed by atoms with Gasteiger partial charge < -0.3 is 5.11 Å². The lowest BCUT2D eigenvalue weighted by atomic mass is 10.2. The van der Waals surface area contributed by atoms with Crippen LogP contribution in [-0.4, -0.2) is 42.5 Å². The van der Waals surface area contributed by atoms with E-state index in [2.05, 4.69) is 21.5 Å². The molecule has 0 bridgehead atoms. The summed E-state index contributed by atoms with van der Waals surface area (Å²) in [5.74, 6) is 5.38. The summed E-state index contributed by atoms with van der Waals surface area (Å²) in [6.45, 7) is 4.05. The Morgan fingerprint density at radius 1 is 1.42 bits per heavy atom. The summed E-state index contributed by atoms with van der Waals surface area (Å²) in [5.41, 5.74) is 0.585. The largest absolute Gasteiger partial charge is 0.384 e. The van der Waals surface area contributed by atoms with Crippen molar-refractivity contribution < 1.29 is 13.5 Å². The van der Waals surface area contributed by atoms with Crippen molar-refractivity contribution in [3.63, 3.8) is 0 Å². The number of aliphatic hydroxyl groups excluding tert-OH is 1. The minimum absolute atomic E-state index is 0.205. The third-order valence-electron chi connectivity index (χ3n) is 2.35. The highest BCUT2D eigenvalue weighted by atomic mass is 32.2. The molecule has 1 rings (SSSR count). The zero-order valence-corrected chi connectivity index (χ0v) is 11.7. The molecule has 1 heterocycles. The molecule has 0 saturated heterocycles. The average Bonchev–Trinajstić information content (AvgIpc) is 2.37. The Balaban J connectivity index is 2.94. The van der Waals surface area contributed by atoms with Crippen LogP contribution < -0.4 is 4.72 Å². The fourth-order valence-electron chi connectivity index (χ4n) is 1.47. The highest BCUT2D eigenvalue weighted by Gasteiger charge is 2.18. The molecule has 1 aromatic heterocycles. The lowest BCUT2D eigenvalue weighted by Gasteiger charge is -2.18. The molecular formula is C12H17N3O3S. The van der Waals surface area contributed by atoms with Gasteiger partial charge >= 0.3 is 10.2 Å². The van der Waals surface area contributed by atoms with Gasteiger partial charge in [0.25, 0.3) is 0 Å². The summed E-state index contributed by atoms with van der Waals surface area (Å²) in [7, 11) is -3.59. The van der Waals surface area contributed by atoms with Crippen molar-refractivity contribution >= 4 is 16.0 Å². The molecule has 6 nitrogen and oxygen atoms in total. The molecular weight excluding hydrogens is 266 g/mol. The number of aromatic nitrogens is 1. The molecule has 19 heavy (non-hydrogen) atoms. The van der Waals surface area contributed by atoms with E-state index in [1.165, 1.54) is 16.6 Å². The van der Waals surface area contributed by atoms with E-state index in [9.17, 15) is 8.42 Å². The Morgan fingerprint density at radius 3 is 2.68 bits per heavy atom. The third-order valence-corrected chi connectivity index (χ3v) is 4.01. The Kier molecular flexibility index (Phi) is 5.76. The molecule has 7 heteroatoms. The van der Waals surface area contributed by atoms with Gasteiger partial charge in [0.05, 0.1) is 0 Å². The topological polar surface area (TPSA) is 82.5 Å². The number of aliphatic hydroxyl groups is 1.